The zero-order valence-corrected chi connectivity index (χ0v) is 23.3. The van der Waals surface area contributed by atoms with Gasteiger partial charge in [0.1, 0.15) is 12.4 Å². The van der Waals surface area contributed by atoms with Gasteiger partial charge in [-0.2, -0.15) is 5.10 Å². The predicted octanol–water partition coefficient (Wildman–Crippen LogP) is 6.15. The maximum absolute atomic E-state index is 12.6. The van der Waals surface area contributed by atoms with Gasteiger partial charge in [-0.25, -0.2) is 13.8 Å². The predicted molar refractivity (Wildman–Crippen MR) is 164 cm³/mol. The lowest BCUT2D eigenvalue weighted by Gasteiger charge is -2.22. The summed E-state index contributed by atoms with van der Waals surface area (Å²) >= 11 is 0. The molecule has 0 heterocycles. The average Bonchev–Trinajstić information content (AvgIpc) is 2.99. The van der Waals surface area contributed by atoms with Crippen molar-refractivity contribution >= 4 is 38.6 Å². The molecular weight excluding hydrogens is 534 g/mol. The van der Waals surface area contributed by atoms with Gasteiger partial charge in [-0.1, -0.05) is 72.8 Å². The van der Waals surface area contributed by atoms with Gasteiger partial charge in [0.05, 0.1) is 24.7 Å². The van der Waals surface area contributed by atoms with Gasteiger partial charge in [-0.3, -0.25) is 9.10 Å². The molecule has 0 saturated heterocycles. The zero-order chi connectivity index (χ0) is 28.7. The number of anilines is 1. The Kier molecular flexibility index (Phi) is 8.41. The number of hydrogen-bond acceptors (Lipinski definition) is 5. The van der Waals surface area contributed by atoms with Crippen molar-refractivity contribution in [2.24, 2.45) is 5.10 Å². The lowest BCUT2D eigenvalue weighted by molar-refractivity contribution is 0.0955. The van der Waals surface area contributed by atoms with E-state index in [9.17, 15) is 13.2 Å². The number of rotatable bonds is 10. The second-order valence-corrected chi connectivity index (χ2v) is 11.4. The van der Waals surface area contributed by atoms with E-state index in [0.717, 1.165) is 28.7 Å². The number of fused-ring (bicyclic) bond motifs is 1. The summed E-state index contributed by atoms with van der Waals surface area (Å²) in [5.41, 5.74) is 6.11. The first-order valence-electron chi connectivity index (χ1n) is 13.0. The number of hydrazone groups is 1. The number of carbonyl (C=O) groups is 1. The maximum Gasteiger partial charge on any atom is 0.271 e. The highest BCUT2D eigenvalue weighted by atomic mass is 32.2. The third-order valence-corrected chi connectivity index (χ3v) is 7.66. The topological polar surface area (TPSA) is 88.1 Å². The van der Waals surface area contributed by atoms with Crippen molar-refractivity contribution in [2.75, 3.05) is 10.6 Å². The van der Waals surface area contributed by atoms with Crippen molar-refractivity contribution in [1.29, 1.82) is 0 Å². The van der Waals surface area contributed by atoms with Gasteiger partial charge in [0.15, 0.2) is 0 Å². The lowest BCUT2D eigenvalue weighted by atomic mass is 10.1. The third-order valence-electron chi connectivity index (χ3n) is 6.52. The Hall–Kier alpha value is -4.95. The number of sulfonamides is 1. The second-order valence-electron chi connectivity index (χ2n) is 9.50. The molecule has 0 bridgehead atoms. The Morgan fingerprint density at radius 1 is 0.829 bits per heavy atom. The molecule has 8 heteroatoms. The van der Waals surface area contributed by atoms with Gasteiger partial charge in [-0.15, -0.1) is 0 Å². The molecule has 0 unspecified atom stereocenters. The molecule has 0 radical (unpaired) electrons. The van der Waals surface area contributed by atoms with Crippen LogP contribution in [0.5, 0.6) is 5.75 Å². The van der Waals surface area contributed by atoms with Crippen molar-refractivity contribution < 1.29 is 17.9 Å². The van der Waals surface area contributed by atoms with E-state index in [1.807, 2.05) is 72.8 Å². The molecule has 0 aliphatic rings. The molecule has 206 valence electrons. The largest absolute Gasteiger partial charge is 0.489 e. The van der Waals surface area contributed by atoms with Gasteiger partial charge in [-0.05, 0) is 76.0 Å². The molecule has 0 spiro atoms. The van der Waals surface area contributed by atoms with E-state index in [-0.39, 0.29) is 6.54 Å². The van der Waals surface area contributed by atoms with Crippen LogP contribution in [-0.2, 0) is 23.2 Å². The van der Waals surface area contributed by atoms with Gasteiger partial charge >= 0.3 is 0 Å². The maximum atomic E-state index is 12.6. The van der Waals surface area contributed by atoms with Crippen molar-refractivity contribution in [2.45, 2.75) is 13.2 Å². The molecule has 41 heavy (non-hydrogen) atoms. The van der Waals surface area contributed by atoms with Gasteiger partial charge < -0.3 is 4.74 Å². The van der Waals surface area contributed by atoms with E-state index >= 15 is 0 Å². The second kappa shape index (κ2) is 12.5. The van der Waals surface area contributed by atoms with Crippen LogP contribution in [0.15, 0.2) is 126 Å². The van der Waals surface area contributed by atoms with Crippen LogP contribution >= 0.6 is 0 Å². The van der Waals surface area contributed by atoms with E-state index in [2.05, 4.69) is 34.8 Å². The molecule has 0 fully saturated rings. The fourth-order valence-corrected chi connectivity index (χ4v) is 5.28. The number of nitrogens with zero attached hydrogens (tertiary/aromatic N) is 2. The molecular formula is C33H29N3O4S. The van der Waals surface area contributed by atoms with Crippen LogP contribution in [0.1, 0.15) is 27.0 Å². The fraction of sp³-hybridized carbons (Fsp3) is 0.0909. The molecule has 5 aromatic carbocycles. The minimum absolute atomic E-state index is 0.197. The highest BCUT2D eigenvalue weighted by molar-refractivity contribution is 7.92. The number of carbonyl (C=O) groups excluding carboxylic acids is 1. The number of ether oxygens (including phenoxy) is 1. The molecule has 0 aliphatic carbocycles. The van der Waals surface area contributed by atoms with Crippen molar-refractivity contribution in [3.8, 4) is 5.75 Å². The SMILES string of the molecule is CS(=O)(=O)N(Cc1ccccc1)c1ccc(C(=O)N/N=C\c2ccc(OCc3cccc4ccccc34)cc2)cc1. The van der Waals surface area contributed by atoms with Crippen LogP contribution in [0.25, 0.3) is 10.8 Å². The molecule has 0 aromatic heterocycles. The smallest absolute Gasteiger partial charge is 0.271 e. The number of nitrogens with one attached hydrogen (secondary N) is 1. The average molecular weight is 564 g/mol. The zero-order valence-electron chi connectivity index (χ0n) is 22.5. The first-order valence-corrected chi connectivity index (χ1v) is 14.9. The summed E-state index contributed by atoms with van der Waals surface area (Å²) in [5.74, 6) is 0.325. The van der Waals surface area contributed by atoms with Crippen LogP contribution in [0.4, 0.5) is 5.69 Å². The quantitative estimate of drug-likeness (QED) is 0.163. The Morgan fingerprint density at radius 3 is 2.24 bits per heavy atom. The molecule has 5 rings (SSSR count). The molecule has 0 atom stereocenters. The van der Waals surface area contributed by atoms with Gasteiger partial charge in [0, 0.05) is 5.56 Å². The van der Waals surface area contributed by atoms with Crippen molar-refractivity contribution in [3.05, 3.63) is 144 Å². The summed E-state index contributed by atoms with van der Waals surface area (Å²) in [6, 6.07) is 37.5. The molecule has 0 aliphatic heterocycles. The van der Waals surface area contributed by atoms with Crippen LogP contribution < -0.4 is 14.5 Å². The van der Waals surface area contributed by atoms with Crippen molar-refractivity contribution in [1.82, 2.24) is 5.43 Å². The summed E-state index contributed by atoms with van der Waals surface area (Å²) in [6.07, 6.45) is 2.71. The molecule has 1 amide bonds. The van der Waals surface area contributed by atoms with E-state index < -0.39 is 15.9 Å². The fourth-order valence-electron chi connectivity index (χ4n) is 4.39. The Balaban J connectivity index is 1.16. The molecule has 5 aromatic rings. The summed E-state index contributed by atoms with van der Waals surface area (Å²) in [5, 5.41) is 6.40. The van der Waals surface area contributed by atoms with E-state index in [1.54, 1.807) is 30.5 Å². The minimum Gasteiger partial charge on any atom is -0.489 e. The van der Waals surface area contributed by atoms with Crippen LogP contribution in [-0.4, -0.2) is 26.8 Å². The highest BCUT2D eigenvalue weighted by Crippen LogP contribution is 2.22. The first-order chi connectivity index (χ1) is 19.9. The minimum atomic E-state index is -3.52. The summed E-state index contributed by atoms with van der Waals surface area (Å²) in [7, 11) is -3.52. The Labute approximate surface area is 239 Å². The summed E-state index contributed by atoms with van der Waals surface area (Å²) < 4.78 is 32.1. The van der Waals surface area contributed by atoms with E-state index in [1.165, 1.54) is 15.1 Å². The van der Waals surface area contributed by atoms with Crippen LogP contribution in [0, 0.1) is 0 Å². The highest BCUT2D eigenvalue weighted by Gasteiger charge is 2.18. The monoisotopic (exact) mass is 563 g/mol. The third kappa shape index (κ3) is 7.17. The normalized spacial score (nSPS) is 11.4. The first kappa shape index (κ1) is 27.6. The number of amides is 1. The van der Waals surface area contributed by atoms with E-state index in [4.69, 9.17) is 4.74 Å². The van der Waals surface area contributed by atoms with Gasteiger partial charge in [0.2, 0.25) is 10.0 Å². The molecule has 1 N–H and O–H groups in total. The van der Waals surface area contributed by atoms with Crippen LogP contribution in [0.3, 0.4) is 0 Å². The lowest BCUT2D eigenvalue weighted by Crippen LogP contribution is -2.29. The summed E-state index contributed by atoms with van der Waals surface area (Å²) in [4.78, 5) is 12.6. The number of hydrogen-bond donors (Lipinski definition) is 1. The van der Waals surface area contributed by atoms with Crippen LogP contribution in [0.2, 0.25) is 0 Å². The van der Waals surface area contributed by atoms with Crippen molar-refractivity contribution in [3.63, 3.8) is 0 Å². The summed E-state index contributed by atoms with van der Waals surface area (Å²) in [6.45, 7) is 0.653. The Bertz CT molecular complexity index is 1760. The van der Waals surface area contributed by atoms with E-state index in [0.29, 0.717) is 17.9 Å². The van der Waals surface area contributed by atoms with Gasteiger partial charge in [0.25, 0.3) is 5.91 Å². The number of benzene rings is 5. The molecule has 0 saturated carbocycles. The standard InChI is InChI=1S/C33H29N3O4S/c1-41(38,39)36(23-26-8-3-2-4-9-26)30-18-16-28(17-19-30)33(37)35-34-22-25-14-20-31(21-15-25)40-24-29-12-7-11-27-10-5-6-13-32(27)29/h2-22H,23-24H2,1H3,(H,35,37)/b34-22-. The molecule has 7 nitrogen and oxygen atoms in total. The Morgan fingerprint density at radius 2 is 1.51 bits per heavy atom.